The largest absolute Gasteiger partial charge is 0.385 e. The van der Waals surface area contributed by atoms with E-state index in [4.69, 9.17) is 0 Å². The van der Waals surface area contributed by atoms with Crippen molar-refractivity contribution >= 4 is 11.9 Å². The molecular formula is C16H15NO. The summed E-state index contributed by atoms with van der Waals surface area (Å²) >= 11 is 0. The van der Waals surface area contributed by atoms with Gasteiger partial charge >= 0.3 is 0 Å². The number of carbonyl (C=O) groups excluding carboxylic acids is 1. The number of benzene rings is 2. The molecular weight excluding hydrogens is 222 g/mol. The maximum atomic E-state index is 11.2. The predicted molar refractivity (Wildman–Crippen MR) is 74.0 cm³/mol. The van der Waals surface area contributed by atoms with Crippen LogP contribution < -0.4 is 5.32 Å². The fourth-order valence-electron chi connectivity index (χ4n) is 1.93. The van der Waals surface area contributed by atoms with Crippen LogP contribution in [0, 0.1) is 0 Å². The van der Waals surface area contributed by atoms with E-state index in [0.29, 0.717) is 5.70 Å². The van der Waals surface area contributed by atoms with Crippen molar-refractivity contribution < 1.29 is 4.79 Å². The first kappa shape index (κ1) is 12.1. The molecule has 90 valence electrons. The number of carbonyl (C=O) groups is 1. The zero-order valence-corrected chi connectivity index (χ0v) is 10.3. The fraction of sp³-hybridized carbons (Fsp3) is 0.0625. The Labute approximate surface area is 107 Å². The predicted octanol–water partition coefficient (Wildman–Crippen LogP) is 2.86. The van der Waals surface area contributed by atoms with E-state index in [1.807, 2.05) is 60.7 Å². The molecule has 0 spiro atoms. The number of nitrogens with one attached hydrogen (secondary N) is 1. The molecule has 0 bridgehead atoms. The van der Waals surface area contributed by atoms with E-state index in [-0.39, 0.29) is 0 Å². The Bertz CT molecular complexity index is 502. The summed E-state index contributed by atoms with van der Waals surface area (Å²) in [5, 5.41) is 2.96. The van der Waals surface area contributed by atoms with Crippen LogP contribution in [0.5, 0.6) is 0 Å². The number of aldehydes is 1. The second-order valence-corrected chi connectivity index (χ2v) is 3.89. The third-order valence-corrected chi connectivity index (χ3v) is 2.78. The average molecular weight is 237 g/mol. The minimum atomic E-state index is 0.590. The second-order valence-electron chi connectivity index (χ2n) is 3.89. The molecule has 1 N–H and O–H groups in total. The number of likely N-dealkylation sites (N-methyl/N-ethyl adjacent to an activating group) is 1. The molecule has 0 saturated carbocycles. The lowest BCUT2D eigenvalue weighted by Crippen LogP contribution is -2.10. The summed E-state index contributed by atoms with van der Waals surface area (Å²) in [6, 6.07) is 19.8. The van der Waals surface area contributed by atoms with Crippen molar-refractivity contribution in [2.24, 2.45) is 0 Å². The molecule has 0 aliphatic heterocycles. The summed E-state index contributed by atoms with van der Waals surface area (Å²) in [5.74, 6) is 0. The van der Waals surface area contributed by atoms with Crippen LogP contribution in [-0.4, -0.2) is 13.3 Å². The molecule has 0 fully saturated rings. The zero-order chi connectivity index (χ0) is 12.8. The zero-order valence-electron chi connectivity index (χ0n) is 10.3. The number of hydrogen-bond acceptors (Lipinski definition) is 2. The van der Waals surface area contributed by atoms with E-state index in [2.05, 4.69) is 5.32 Å². The van der Waals surface area contributed by atoms with Crippen molar-refractivity contribution in [3.8, 4) is 0 Å². The Morgan fingerprint density at radius 1 is 0.889 bits per heavy atom. The van der Waals surface area contributed by atoms with Crippen LogP contribution in [0.15, 0.2) is 66.4 Å². The van der Waals surface area contributed by atoms with Crippen LogP contribution >= 0.6 is 0 Å². The van der Waals surface area contributed by atoms with Gasteiger partial charge in [0, 0.05) is 12.6 Å². The molecule has 0 heterocycles. The van der Waals surface area contributed by atoms with E-state index in [9.17, 15) is 4.79 Å². The van der Waals surface area contributed by atoms with Gasteiger partial charge in [0.05, 0.1) is 5.70 Å². The molecule has 18 heavy (non-hydrogen) atoms. The van der Waals surface area contributed by atoms with Gasteiger partial charge in [-0.2, -0.15) is 0 Å². The average Bonchev–Trinajstić information content (AvgIpc) is 2.46. The minimum absolute atomic E-state index is 0.590. The van der Waals surface area contributed by atoms with Gasteiger partial charge in [0.25, 0.3) is 0 Å². The van der Waals surface area contributed by atoms with Crippen LogP contribution in [0.1, 0.15) is 11.1 Å². The monoisotopic (exact) mass is 237 g/mol. The summed E-state index contributed by atoms with van der Waals surface area (Å²) in [6.45, 7) is 0. The highest BCUT2D eigenvalue weighted by Gasteiger charge is 2.09. The molecule has 2 aromatic carbocycles. The Morgan fingerprint density at radius 3 is 1.67 bits per heavy atom. The number of rotatable bonds is 4. The Morgan fingerprint density at radius 2 is 1.33 bits per heavy atom. The maximum Gasteiger partial charge on any atom is 0.166 e. The van der Waals surface area contributed by atoms with Crippen molar-refractivity contribution in [1.82, 2.24) is 5.32 Å². The highest BCUT2D eigenvalue weighted by atomic mass is 16.1. The van der Waals surface area contributed by atoms with Gasteiger partial charge < -0.3 is 5.32 Å². The summed E-state index contributed by atoms with van der Waals surface area (Å²) in [7, 11) is 1.76. The van der Waals surface area contributed by atoms with E-state index in [1.54, 1.807) is 7.05 Å². The smallest absolute Gasteiger partial charge is 0.166 e. The summed E-state index contributed by atoms with van der Waals surface area (Å²) in [5.41, 5.74) is 3.57. The highest BCUT2D eigenvalue weighted by molar-refractivity contribution is 5.94. The quantitative estimate of drug-likeness (QED) is 0.654. The molecule has 2 aromatic rings. The van der Waals surface area contributed by atoms with Gasteiger partial charge in [-0.05, 0) is 11.1 Å². The molecule has 0 saturated heterocycles. The van der Waals surface area contributed by atoms with Crippen LogP contribution in [0.25, 0.3) is 5.57 Å². The third kappa shape index (κ3) is 2.48. The summed E-state index contributed by atoms with van der Waals surface area (Å²) in [6.07, 6.45) is 0.856. The van der Waals surface area contributed by atoms with Crippen LogP contribution in [0.2, 0.25) is 0 Å². The maximum absolute atomic E-state index is 11.2. The summed E-state index contributed by atoms with van der Waals surface area (Å²) < 4.78 is 0. The lowest BCUT2D eigenvalue weighted by molar-refractivity contribution is -0.105. The topological polar surface area (TPSA) is 29.1 Å². The van der Waals surface area contributed by atoms with Gasteiger partial charge in [-0.25, -0.2) is 0 Å². The first-order valence-electron chi connectivity index (χ1n) is 5.85. The van der Waals surface area contributed by atoms with E-state index < -0.39 is 0 Å². The van der Waals surface area contributed by atoms with Crippen LogP contribution in [0.3, 0.4) is 0 Å². The van der Waals surface area contributed by atoms with Gasteiger partial charge in [0.1, 0.15) is 0 Å². The van der Waals surface area contributed by atoms with Gasteiger partial charge in [0.15, 0.2) is 6.29 Å². The number of allylic oxidation sites excluding steroid dienone is 1. The Kier molecular flexibility index (Phi) is 3.92. The molecule has 0 unspecified atom stereocenters. The molecule has 2 heteroatoms. The fourth-order valence-corrected chi connectivity index (χ4v) is 1.93. The van der Waals surface area contributed by atoms with Gasteiger partial charge in [-0.15, -0.1) is 0 Å². The highest BCUT2D eigenvalue weighted by Crippen LogP contribution is 2.24. The third-order valence-electron chi connectivity index (χ3n) is 2.78. The Hall–Kier alpha value is -2.35. The molecule has 0 atom stereocenters. The minimum Gasteiger partial charge on any atom is -0.385 e. The molecule has 2 rings (SSSR count). The molecule has 2 nitrogen and oxygen atoms in total. The van der Waals surface area contributed by atoms with Crippen molar-refractivity contribution in [3.63, 3.8) is 0 Å². The molecule has 0 radical (unpaired) electrons. The van der Waals surface area contributed by atoms with E-state index >= 15 is 0 Å². The van der Waals surface area contributed by atoms with Crippen molar-refractivity contribution in [1.29, 1.82) is 0 Å². The van der Waals surface area contributed by atoms with Crippen molar-refractivity contribution in [2.75, 3.05) is 7.05 Å². The van der Waals surface area contributed by atoms with Crippen LogP contribution in [0.4, 0.5) is 0 Å². The first-order valence-corrected chi connectivity index (χ1v) is 5.85. The normalized spacial score (nSPS) is 9.61. The van der Waals surface area contributed by atoms with Gasteiger partial charge in [-0.1, -0.05) is 60.7 Å². The van der Waals surface area contributed by atoms with Crippen LogP contribution in [-0.2, 0) is 4.79 Å². The molecule has 0 amide bonds. The molecule has 0 aliphatic rings. The lowest BCUT2D eigenvalue weighted by atomic mass is 9.96. The molecule has 0 aliphatic carbocycles. The first-order chi connectivity index (χ1) is 8.86. The molecule has 0 aromatic heterocycles. The lowest BCUT2D eigenvalue weighted by Gasteiger charge is -2.12. The SMILES string of the molecule is CNC(C=O)=C(c1ccccc1)c1ccccc1. The van der Waals surface area contributed by atoms with E-state index in [0.717, 1.165) is 23.0 Å². The van der Waals surface area contributed by atoms with E-state index in [1.165, 1.54) is 0 Å². The number of hydrogen-bond donors (Lipinski definition) is 1. The van der Waals surface area contributed by atoms with Gasteiger partial charge in [0.2, 0.25) is 0 Å². The van der Waals surface area contributed by atoms with Crippen molar-refractivity contribution in [2.45, 2.75) is 0 Å². The van der Waals surface area contributed by atoms with Crippen molar-refractivity contribution in [3.05, 3.63) is 77.5 Å². The standard InChI is InChI=1S/C16H15NO/c1-17-15(12-18)16(13-8-4-2-5-9-13)14-10-6-3-7-11-14/h2-12,17H,1H3. The summed E-state index contributed by atoms with van der Waals surface area (Å²) in [4.78, 5) is 11.2. The second kappa shape index (κ2) is 5.82. The Balaban J connectivity index is 2.63. The van der Waals surface area contributed by atoms with Gasteiger partial charge in [-0.3, -0.25) is 4.79 Å².